The van der Waals surface area contributed by atoms with E-state index in [4.69, 9.17) is 0 Å². The summed E-state index contributed by atoms with van der Waals surface area (Å²) in [5.41, 5.74) is 3.70. The molecule has 1 atom stereocenters. The highest BCUT2D eigenvalue weighted by molar-refractivity contribution is 5.31. The third-order valence-electron chi connectivity index (χ3n) is 3.49. The lowest BCUT2D eigenvalue weighted by molar-refractivity contribution is 0.512. The maximum absolute atomic E-state index is 4.61. The van der Waals surface area contributed by atoms with Crippen molar-refractivity contribution >= 4 is 0 Å². The molecule has 0 aliphatic carbocycles. The van der Waals surface area contributed by atoms with E-state index in [1.54, 1.807) is 6.20 Å². The van der Waals surface area contributed by atoms with Crippen molar-refractivity contribution in [3.05, 3.63) is 47.8 Å². The zero-order valence-electron chi connectivity index (χ0n) is 10.8. The van der Waals surface area contributed by atoms with E-state index in [0.717, 1.165) is 18.7 Å². The Balaban J connectivity index is 2.03. The van der Waals surface area contributed by atoms with Gasteiger partial charge in [-0.1, -0.05) is 6.07 Å². The summed E-state index contributed by atoms with van der Waals surface area (Å²) in [4.78, 5) is 8.81. The summed E-state index contributed by atoms with van der Waals surface area (Å²) in [6.45, 7) is 5.39. The Morgan fingerprint density at radius 1 is 1.44 bits per heavy atom. The van der Waals surface area contributed by atoms with Crippen LogP contribution in [0.15, 0.2) is 30.9 Å². The first-order valence-corrected chi connectivity index (χ1v) is 6.46. The third kappa shape index (κ3) is 1.82. The number of hydrogen-bond acceptors (Lipinski definition) is 3. The zero-order valence-corrected chi connectivity index (χ0v) is 10.8. The minimum atomic E-state index is 0.183. The Morgan fingerprint density at radius 3 is 3.06 bits per heavy atom. The second kappa shape index (κ2) is 4.53. The fraction of sp³-hybridized carbons (Fsp3) is 0.429. The van der Waals surface area contributed by atoms with Crippen molar-refractivity contribution in [3.8, 4) is 0 Å². The highest BCUT2D eigenvalue weighted by Crippen LogP contribution is 2.28. The van der Waals surface area contributed by atoms with E-state index in [9.17, 15) is 0 Å². The molecule has 3 heterocycles. The van der Waals surface area contributed by atoms with Gasteiger partial charge in [0.25, 0.3) is 0 Å². The van der Waals surface area contributed by atoms with E-state index in [0.29, 0.717) is 6.04 Å². The van der Waals surface area contributed by atoms with Gasteiger partial charge in [-0.3, -0.25) is 4.98 Å². The topological polar surface area (TPSA) is 42.7 Å². The van der Waals surface area contributed by atoms with Gasteiger partial charge in [0, 0.05) is 37.1 Å². The molecule has 0 fully saturated rings. The Hall–Kier alpha value is -1.68. The quantitative estimate of drug-likeness (QED) is 0.877. The molecule has 2 aromatic heterocycles. The number of fused-ring (bicyclic) bond motifs is 1. The molecule has 1 aliphatic rings. The van der Waals surface area contributed by atoms with Crippen molar-refractivity contribution in [2.45, 2.75) is 32.4 Å². The van der Waals surface area contributed by atoms with Gasteiger partial charge in [0.05, 0.1) is 18.1 Å². The summed E-state index contributed by atoms with van der Waals surface area (Å²) in [6.07, 6.45) is 6.73. The number of nitrogens with one attached hydrogen (secondary N) is 1. The molecule has 4 nitrogen and oxygen atoms in total. The number of imidazole rings is 1. The summed E-state index contributed by atoms with van der Waals surface area (Å²) in [5.74, 6) is 0. The number of pyridine rings is 1. The van der Waals surface area contributed by atoms with E-state index in [1.807, 2.05) is 18.6 Å². The van der Waals surface area contributed by atoms with Crippen LogP contribution in [0.25, 0.3) is 0 Å². The summed E-state index contributed by atoms with van der Waals surface area (Å²) < 4.78 is 2.28. The van der Waals surface area contributed by atoms with Crippen molar-refractivity contribution in [3.63, 3.8) is 0 Å². The van der Waals surface area contributed by atoms with Gasteiger partial charge >= 0.3 is 0 Å². The molecule has 1 aliphatic heterocycles. The van der Waals surface area contributed by atoms with Crippen LogP contribution in [0.2, 0.25) is 0 Å². The molecule has 18 heavy (non-hydrogen) atoms. The van der Waals surface area contributed by atoms with E-state index in [1.165, 1.54) is 11.3 Å². The highest BCUT2D eigenvalue weighted by Gasteiger charge is 2.26. The predicted molar refractivity (Wildman–Crippen MR) is 70.4 cm³/mol. The smallest absolute Gasteiger partial charge is 0.0954 e. The SMILES string of the molecule is CC(C)n1cnc2c1CCNC2c1cccnc1. The van der Waals surface area contributed by atoms with Crippen LogP contribution >= 0.6 is 0 Å². The molecule has 1 unspecified atom stereocenters. The fourth-order valence-corrected chi connectivity index (χ4v) is 2.60. The summed E-state index contributed by atoms with van der Waals surface area (Å²) in [7, 11) is 0. The number of hydrogen-bond donors (Lipinski definition) is 1. The van der Waals surface area contributed by atoms with Gasteiger partial charge in [0.2, 0.25) is 0 Å². The van der Waals surface area contributed by atoms with E-state index < -0.39 is 0 Å². The van der Waals surface area contributed by atoms with Crippen molar-refractivity contribution < 1.29 is 0 Å². The number of rotatable bonds is 2. The molecule has 4 heteroatoms. The third-order valence-corrected chi connectivity index (χ3v) is 3.49. The van der Waals surface area contributed by atoms with Crippen molar-refractivity contribution in [2.75, 3.05) is 6.54 Å². The normalized spacial score (nSPS) is 18.9. The van der Waals surface area contributed by atoms with E-state index >= 15 is 0 Å². The van der Waals surface area contributed by atoms with Crippen LogP contribution in [-0.2, 0) is 6.42 Å². The number of nitrogens with zero attached hydrogens (tertiary/aromatic N) is 3. The first-order chi connectivity index (χ1) is 8.77. The molecule has 0 amide bonds. The molecule has 3 rings (SSSR count). The monoisotopic (exact) mass is 242 g/mol. The largest absolute Gasteiger partial charge is 0.332 e. The molecule has 0 saturated heterocycles. The van der Waals surface area contributed by atoms with Crippen LogP contribution in [0, 0.1) is 0 Å². The summed E-state index contributed by atoms with van der Waals surface area (Å²) in [5, 5.41) is 3.53. The molecule has 0 bridgehead atoms. The second-order valence-corrected chi connectivity index (χ2v) is 5.00. The standard InChI is InChI=1S/C14H18N4/c1-10(2)18-9-17-14-12(18)5-7-16-13(14)11-4-3-6-15-8-11/h3-4,6,8-10,13,16H,5,7H2,1-2H3. The zero-order chi connectivity index (χ0) is 12.5. The van der Waals surface area contributed by atoms with Crippen LogP contribution in [0.1, 0.15) is 42.9 Å². The molecule has 1 N–H and O–H groups in total. The van der Waals surface area contributed by atoms with Crippen LogP contribution in [0.3, 0.4) is 0 Å². The van der Waals surface area contributed by atoms with Gasteiger partial charge in [-0.05, 0) is 25.5 Å². The average molecular weight is 242 g/mol. The Morgan fingerprint density at radius 2 is 2.33 bits per heavy atom. The predicted octanol–water partition coefficient (Wildman–Crippen LogP) is 2.09. The van der Waals surface area contributed by atoms with Gasteiger partial charge in [-0.15, -0.1) is 0 Å². The van der Waals surface area contributed by atoms with Crippen LogP contribution < -0.4 is 5.32 Å². The lowest BCUT2D eigenvalue weighted by Gasteiger charge is -2.25. The molecule has 0 aromatic carbocycles. The van der Waals surface area contributed by atoms with Crippen molar-refractivity contribution in [2.24, 2.45) is 0 Å². The van der Waals surface area contributed by atoms with Crippen molar-refractivity contribution in [1.29, 1.82) is 0 Å². The van der Waals surface area contributed by atoms with Crippen LogP contribution in [-0.4, -0.2) is 21.1 Å². The highest BCUT2D eigenvalue weighted by atomic mass is 15.1. The van der Waals surface area contributed by atoms with Gasteiger partial charge in [0.1, 0.15) is 0 Å². The lowest BCUT2D eigenvalue weighted by atomic mass is 9.99. The Bertz CT molecular complexity index is 530. The average Bonchev–Trinajstić information content (AvgIpc) is 2.83. The molecular formula is C14H18N4. The van der Waals surface area contributed by atoms with Gasteiger partial charge in [-0.25, -0.2) is 4.98 Å². The van der Waals surface area contributed by atoms with E-state index in [2.05, 4.69) is 39.8 Å². The second-order valence-electron chi connectivity index (χ2n) is 5.00. The molecule has 0 saturated carbocycles. The molecule has 94 valence electrons. The lowest BCUT2D eigenvalue weighted by Crippen LogP contribution is -2.31. The summed E-state index contributed by atoms with van der Waals surface area (Å²) >= 11 is 0. The summed E-state index contributed by atoms with van der Waals surface area (Å²) in [6, 6.07) is 4.73. The molecule has 0 radical (unpaired) electrons. The molecule has 0 spiro atoms. The van der Waals surface area contributed by atoms with Gasteiger partial charge < -0.3 is 9.88 Å². The van der Waals surface area contributed by atoms with Crippen molar-refractivity contribution in [1.82, 2.24) is 19.9 Å². The maximum Gasteiger partial charge on any atom is 0.0954 e. The molecule has 2 aromatic rings. The van der Waals surface area contributed by atoms with Gasteiger partial charge in [0.15, 0.2) is 0 Å². The Labute approximate surface area is 107 Å². The first kappa shape index (κ1) is 11.4. The maximum atomic E-state index is 4.61. The van der Waals surface area contributed by atoms with Crippen LogP contribution in [0.5, 0.6) is 0 Å². The minimum absolute atomic E-state index is 0.183. The fourth-order valence-electron chi connectivity index (χ4n) is 2.60. The Kier molecular flexibility index (Phi) is 2.88. The van der Waals surface area contributed by atoms with Crippen LogP contribution in [0.4, 0.5) is 0 Å². The van der Waals surface area contributed by atoms with Gasteiger partial charge in [-0.2, -0.15) is 0 Å². The molecular weight excluding hydrogens is 224 g/mol. The first-order valence-electron chi connectivity index (χ1n) is 6.46. The van der Waals surface area contributed by atoms with E-state index in [-0.39, 0.29) is 6.04 Å². The number of aromatic nitrogens is 3. The minimum Gasteiger partial charge on any atom is -0.332 e.